The van der Waals surface area contributed by atoms with Gasteiger partial charge in [-0.2, -0.15) is 0 Å². The molecule has 1 aliphatic carbocycles. The second-order valence-corrected chi connectivity index (χ2v) is 8.81. The molecule has 1 aromatic rings. The maximum Gasteiger partial charge on any atom is 0.250 e. The first-order valence-corrected chi connectivity index (χ1v) is 8.57. The van der Waals surface area contributed by atoms with Gasteiger partial charge in [-0.05, 0) is 40.8 Å². The van der Waals surface area contributed by atoms with Gasteiger partial charge in [0, 0.05) is 12.6 Å². The van der Waals surface area contributed by atoms with Crippen molar-refractivity contribution in [1.82, 2.24) is 4.72 Å². The molecule has 0 aliphatic heterocycles. The Morgan fingerprint density at radius 2 is 2.29 bits per heavy atom. The van der Waals surface area contributed by atoms with E-state index in [1.54, 1.807) is 0 Å². The van der Waals surface area contributed by atoms with Gasteiger partial charge < -0.3 is 5.73 Å². The molecule has 0 saturated heterocycles. The van der Waals surface area contributed by atoms with Gasteiger partial charge >= 0.3 is 0 Å². The fraction of sp³-hybridized carbons (Fsp3) is 0.556. The fourth-order valence-corrected chi connectivity index (χ4v) is 4.94. The molecule has 1 fully saturated rings. The highest BCUT2D eigenvalue weighted by Crippen LogP contribution is 2.35. The molecular formula is C9H12BrClN2O2S2. The number of nitrogens with one attached hydrogen (secondary N) is 1. The van der Waals surface area contributed by atoms with Gasteiger partial charge in [0.05, 0.1) is 8.81 Å². The van der Waals surface area contributed by atoms with E-state index in [-0.39, 0.29) is 16.8 Å². The smallest absolute Gasteiger partial charge is 0.250 e. The van der Waals surface area contributed by atoms with E-state index in [2.05, 4.69) is 20.7 Å². The molecule has 8 heteroatoms. The first-order chi connectivity index (χ1) is 7.90. The zero-order valence-corrected chi connectivity index (χ0v) is 12.8. The molecule has 1 atom stereocenters. The minimum absolute atomic E-state index is 0.0938. The molecule has 0 bridgehead atoms. The summed E-state index contributed by atoms with van der Waals surface area (Å²) in [6.07, 6.45) is 2.19. The molecule has 3 N–H and O–H groups in total. The normalized spacial score (nSPS) is 18.3. The Morgan fingerprint density at radius 1 is 1.65 bits per heavy atom. The third-order valence-electron chi connectivity index (χ3n) is 2.62. The van der Waals surface area contributed by atoms with E-state index in [4.69, 9.17) is 17.3 Å². The quantitative estimate of drug-likeness (QED) is 0.846. The molecule has 1 saturated carbocycles. The number of rotatable bonds is 5. The van der Waals surface area contributed by atoms with Crippen molar-refractivity contribution in [3.63, 3.8) is 0 Å². The van der Waals surface area contributed by atoms with Crippen molar-refractivity contribution >= 4 is 48.9 Å². The maximum atomic E-state index is 11.9. The van der Waals surface area contributed by atoms with Gasteiger partial charge in [0.2, 0.25) is 10.0 Å². The Kier molecular flexibility index (Phi) is 4.16. The number of nitrogens with two attached hydrogens (primary N) is 1. The summed E-state index contributed by atoms with van der Waals surface area (Å²) in [7, 11) is -3.49. The lowest BCUT2D eigenvalue weighted by Gasteiger charge is -2.10. The summed E-state index contributed by atoms with van der Waals surface area (Å²) < 4.78 is 27.2. The zero-order valence-electron chi connectivity index (χ0n) is 8.82. The van der Waals surface area contributed by atoms with Crippen LogP contribution in [0.3, 0.4) is 0 Å². The molecule has 1 aromatic heterocycles. The van der Waals surface area contributed by atoms with Crippen molar-refractivity contribution in [3.8, 4) is 0 Å². The van der Waals surface area contributed by atoms with E-state index in [1.807, 2.05) is 0 Å². The number of hydrogen-bond acceptors (Lipinski definition) is 4. The zero-order chi connectivity index (χ0) is 12.6. The molecule has 0 radical (unpaired) electrons. The SMILES string of the molecule is NC(CNS(=O)(=O)c1cc(Cl)c(Br)s1)C1CC1. The summed E-state index contributed by atoms with van der Waals surface area (Å²) in [6, 6.07) is 1.34. The molecule has 0 aromatic carbocycles. The van der Waals surface area contributed by atoms with Crippen LogP contribution >= 0.6 is 38.9 Å². The number of sulfonamides is 1. The predicted molar refractivity (Wildman–Crippen MR) is 72.9 cm³/mol. The lowest BCUT2D eigenvalue weighted by atomic mass is 10.2. The third-order valence-corrected chi connectivity index (χ3v) is 7.00. The maximum absolute atomic E-state index is 11.9. The predicted octanol–water partition coefficient (Wildman–Crippen LogP) is 2.18. The Balaban J connectivity index is 2.02. The summed E-state index contributed by atoms with van der Waals surface area (Å²) in [5.74, 6) is 0.469. The highest BCUT2D eigenvalue weighted by Gasteiger charge is 2.29. The lowest BCUT2D eigenvalue weighted by Crippen LogP contribution is -2.38. The van der Waals surface area contributed by atoms with E-state index >= 15 is 0 Å². The van der Waals surface area contributed by atoms with Crippen molar-refractivity contribution in [2.24, 2.45) is 11.7 Å². The van der Waals surface area contributed by atoms with Crippen LogP contribution in [-0.4, -0.2) is 21.0 Å². The van der Waals surface area contributed by atoms with Crippen molar-refractivity contribution in [2.75, 3.05) is 6.54 Å². The first kappa shape index (κ1) is 13.8. The van der Waals surface area contributed by atoms with Crippen molar-refractivity contribution < 1.29 is 8.42 Å². The first-order valence-electron chi connectivity index (χ1n) is 5.10. The van der Waals surface area contributed by atoms with Crippen LogP contribution in [0.2, 0.25) is 5.02 Å². The van der Waals surface area contributed by atoms with E-state index in [0.29, 0.717) is 14.7 Å². The van der Waals surface area contributed by atoms with Crippen molar-refractivity contribution in [3.05, 3.63) is 14.9 Å². The van der Waals surface area contributed by atoms with Crippen LogP contribution in [-0.2, 0) is 10.0 Å². The van der Waals surface area contributed by atoms with Gasteiger partial charge in [0.25, 0.3) is 0 Å². The van der Waals surface area contributed by atoms with Gasteiger partial charge in [-0.1, -0.05) is 11.6 Å². The summed E-state index contributed by atoms with van der Waals surface area (Å²) >= 11 is 10.1. The van der Waals surface area contributed by atoms with E-state index in [0.717, 1.165) is 24.2 Å². The molecule has 96 valence electrons. The number of thiophene rings is 1. The Hall–Kier alpha value is 0.340. The molecule has 2 rings (SSSR count). The highest BCUT2D eigenvalue weighted by molar-refractivity contribution is 9.11. The minimum atomic E-state index is -3.49. The standard InChI is InChI=1S/C9H12BrClN2O2S2/c10-9-6(11)3-8(16-9)17(14,15)13-4-7(12)5-1-2-5/h3,5,7,13H,1-2,4,12H2. The Bertz CT molecular complexity index is 494. The summed E-state index contributed by atoms with van der Waals surface area (Å²) in [5, 5.41) is 0.405. The fourth-order valence-electron chi connectivity index (χ4n) is 1.43. The molecule has 1 aliphatic rings. The number of halogens is 2. The summed E-state index contributed by atoms with van der Waals surface area (Å²) in [4.78, 5) is 0. The van der Waals surface area contributed by atoms with Crippen LogP contribution in [0.4, 0.5) is 0 Å². The van der Waals surface area contributed by atoms with Crippen LogP contribution in [0, 0.1) is 5.92 Å². The van der Waals surface area contributed by atoms with E-state index in [1.165, 1.54) is 6.07 Å². The van der Waals surface area contributed by atoms with Crippen LogP contribution < -0.4 is 10.5 Å². The van der Waals surface area contributed by atoms with Crippen LogP contribution in [0.5, 0.6) is 0 Å². The number of hydrogen-bond donors (Lipinski definition) is 2. The summed E-state index contributed by atoms with van der Waals surface area (Å²) in [5.41, 5.74) is 5.84. The van der Waals surface area contributed by atoms with Crippen LogP contribution in [0.25, 0.3) is 0 Å². The Morgan fingerprint density at radius 3 is 2.76 bits per heavy atom. The second kappa shape index (κ2) is 5.14. The van der Waals surface area contributed by atoms with Crippen molar-refractivity contribution in [1.29, 1.82) is 0 Å². The van der Waals surface area contributed by atoms with Crippen molar-refractivity contribution in [2.45, 2.75) is 23.1 Å². The minimum Gasteiger partial charge on any atom is -0.326 e. The van der Waals surface area contributed by atoms with E-state index < -0.39 is 10.0 Å². The third kappa shape index (κ3) is 3.42. The van der Waals surface area contributed by atoms with Gasteiger partial charge in [-0.25, -0.2) is 13.1 Å². The van der Waals surface area contributed by atoms with Gasteiger partial charge in [-0.15, -0.1) is 11.3 Å². The molecule has 0 amide bonds. The average molecular weight is 360 g/mol. The van der Waals surface area contributed by atoms with Gasteiger partial charge in [0.1, 0.15) is 4.21 Å². The second-order valence-electron chi connectivity index (χ2n) is 4.04. The summed E-state index contributed by atoms with van der Waals surface area (Å²) in [6.45, 7) is 0.278. The van der Waals surface area contributed by atoms with Crippen LogP contribution in [0.15, 0.2) is 14.1 Å². The highest BCUT2D eigenvalue weighted by atomic mass is 79.9. The van der Waals surface area contributed by atoms with Gasteiger partial charge in [0.15, 0.2) is 0 Å². The molecule has 4 nitrogen and oxygen atoms in total. The van der Waals surface area contributed by atoms with E-state index in [9.17, 15) is 8.42 Å². The molecule has 0 spiro atoms. The molecule has 1 heterocycles. The molecule has 1 unspecified atom stereocenters. The largest absolute Gasteiger partial charge is 0.326 e. The topological polar surface area (TPSA) is 72.2 Å². The monoisotopic (exact) mass is 358 g/mol. The molecule has 17 heavy (non-hydrogen) atoms. The molecular weight excluding hydrogens is 348 g/mol. The van der Waals surface area contributed by atoms with Gasteiger partial charge in [-0.3, -0.25) is 0 Å². The Labute approximate surface area is 118 Å². The average Bonchev–Trinajstić information content (AvgIpc) is 3.04. The lowest BCUT2D eigenvalue weighted by molar-refractivity contribution is 0.549. The van der Waals surface area contributed by atoms with Crippen LogP contribution in [0.1, 0.15) is 12.8 Å².